The Kier molecular flexibility index (Phi) is 9.07. The van der Waals surface area contributed by atoms with E-state index in [1.807, 2.05) is 0 Å². The number of hydrogen-bond acceptors (Lipinski definition) is 6. The van der Waals surface area contributed by atoms with E-state index < -0.39 is 33.2 Å². The van der Waals surface area contributed by atoms with E-state index in [4.69, 9.17) is 11.6 Å². The molecular formula is C23H21ClFN3O5S2. The van der Waals surface area contributed by atoms with Gasteiger partial charge in [-0.25, -0.2) is 12.8 Å². The molecule has 35 heavy (non-hydrogen) atoms. The molecular weight excluding hydrogens is 517 g/mol. The first-order valence-corrected chi connectivity index (χ1v) is 13.3. The molecule has 0 radical (unpaired) electrons. The number of nitrogens with zero attached hydrogens (tertiary/aromatic N) is 2. The van der Waals surface area contributed by atoms with E-state index in [2.05, 4.69) is 5.32 Å². The maximum atomic E-state index is 13.8. The number of nitro benzene ring substituents is 1. The highest BCUT2D eigenvalue weighted by molar-refractivity contribution is 7.98. The summed E-state index contributed by atoms with van der Waals surface area (Å²) in [7, 11) is -4.12. The van der Waals surface area contributed by atoms with E-state index >= 15 is 0 Å². The lowest BCUT2D eigenvalue weighted by Crippen LogP contribution is -2.41. The van der Waals surface area contributed by atoms with Crippen molar-refractivity contribution in [2.75, 3.05) is 23.1 Å². The maximum absolute atomic E-state index is 13.8. The number of anilines is 1. The molecule has 0 saturated heterocycles. The molecule has 0 unspecified atom stereocenters. The molecule has 3 aromatic rings. The van der Waals surface area contributed by atoms with Crippen LogP contribution in [0, 0.1) is 15.9 Å². The molecule has 0 heterocycles. The van der Waals surface area contributed by atoms with Crippen molar-refractivity contribution in [2.24, 2.45) is 0 Å². The Labute approximate surface area is 211 Å². The van der Waals surface area contributed by atoms with Gasteiger partial charge < -0.3 is 5.32 Å². The smallest absolute Gasteiger partial charge is 0.269 e. The van der Waals surface area contributed by atoms with Crippen molar-refractivity contribution in [3.63, 3.8) is 0 Å². The number of hydrogen-bond donors (Lipinski definition) is 1. The molecule has 12 heteroatoms. The molecule has 1 N–H and O–H groups in total. The average molecular weight is 538 g/mol. The zero-order chi connectivity index (χ0) is 25.4. The van der Waals surface area contributed by atoms with Crippen molar-refractivity contribution >= 4 is 50.7 Å². The Morgan fingerprint density at radius 1 is 1.06 bits per heavy atom. The zero-order valence-corrected chi connectivity index (χ0v) is 20.7. The molecule has 0 atom stereocenters. The van der Waals surface area contributed by atoms with Gasteiger partial charge in [-0.2, -0.15) is 11.8 Å². The van der Waals surface area contributed by atoms with Crippen LogP contribution in [0.15, 0.2) is 77.7 Å². The number of carbonyl (C=O) groups is 1. The SMILES string of the molecule is O=C(CN(c1ccc([N+](=O)[O-])cc1)S(=O)(=O)c1ccccc1)NCCSCc1c(F)cccc1Cl. The van der Waals surface area contributed by atoms with Crippen LogP contribution in [0.25, 0.3) is 0 Å². The summed E-state index contributed by atoms with van der Waals surface area (Å²) in [6.45, 7) is -0.312. The lowest BCUT2D eigenvalue weighted by atomic mass is 10.2. The number of sulfonamides is 1. The zero-order valence-electron chi connectivity index (χ0n) is 18.3. The fourth-order valence-electron chi connectivity index (χ4n) is 3.07. The minimum Gasteiger partial charge on any atom is -0.354 e. The predicted molar refractivity (Wildman–Crippen MR) is 135 cm³/mol. The Balaban J connectivity index is 1.67. The Morgan fingerprint density at radius 2 is 1.74 bits per heavy atom. The monoisotopic (exact) mass is 537 g/mol. The van der Waals surface area contributed by atoms with E-state index in [0.717, 1.165) is 4.31 Å². The van der Waals surface area contributed by atoms with Crippen molar-refractivity contribution in [1.82, 2.24) is 5.32 Å². The second kappa shape index (κ2) is 12.0. The van der Waals surface area contributed by atoms with E-state index in [0.29, 0.717) is 22.1 Å². The number of benzene rings is 3. The van der Waals surface area contributed by atoms with Crippen molar-refractivity contribution in [3.05, 3.63) is 99.3 Å². The first kappa shape index (κ1) is 26.5. The van der Waals surface area contributed by atoms with Gasteiger partial charge in [-0.15, -0.1) is 0 Å². The maximum Gasteiger partial charge on any atom is 0.269 e. The van der Waals surface area contributed by atoms with Crippen LogP contribution in [0.1, 0.15) is 5.56 Å². The summed E-state index contributed by atoms with van der Waals surface area (Å²) in [6, 6.07) is 16.9. The van der Waals surface area contributed by atoms with Crippen LogP contribution >= 0.6 is 23.4 Å². The number of nitrogens with one attached hydrogen (secondary N) is 1. The molecule has 0 aliphatic heterocycles. The van der Waals surface area contributed by atoms with Crippen molar-refractivity contribution < 1.29 is 22.5 Å². The number of nitro groups is 1. The number of non-ortho nitro benzene ring substituents is 1. The number of amides is 1. The first-order chi connectivity index (χ1) is 16.7. The van der Waals surface area contributed by atoms with Gasteiger partial charge in [-0.1, -0.05) is 35.9 Å². The lowest BCUT2D eigenvalue weighted by molar-refractivity contribution is -0.384. The van der Waals surface area contributed by atoms with Gasteiger partial charge in [0.15, 0.2) is 0 Å². The largest absolute Gasteiger partial charge is 0.354 e. The standard InChI is InChI=1S/C23H21ClFN3O5S2/c24-21-7-4-8-22(25)20(21)16-34-14-13-26-23(29)15-27(17-9-11-18(12-10-17)28(30)31)35(32,33)19-5-2-1-3-6-19/h1-12H,13-16H2,(H,26,29). The van der Waals surface area contributed by atoms with Crippen LogP contribution in [0.2, 0.25) is 5.02 Å². The van der Waals surface area contributed by atoms with Gasteiger partial charge in [0, 0.05) is 40.8 Å². The highest BCUT2D eigenvalue weighted by Gasteiger charge is 2.27. The summed E-state index contributed by atoms with van der Waals surface area (Å²) >= 11 is 7.37. The minimum absolute atomic E-state index is 0.0246. The first-order valence-electron chi connectivity index (χ1n) is 10.3. The molecule has 8 nitrogen and oxygen atoms in total. The predicted octanol–water partition coefficient (Wildman–Crippen LogP) is 4.63. The van der Waals surface area contributed by atoms with Gasteiger partial charge in [0.2, 0.25) is 5.91 Å². The molecule has 1 amide bonds. The number of rotatable bonds is 11. The van der Waals surface area contributed by atoms with Gasteiger partial charge in [-0.3, -0.25) is 19.2 Å². The van der Waals surface area contributed by atoms with Gasteiger partial charge in [0.25, 0.3) is 15.7 Å². The van der Waals surface area contributed by atoms with Crippen LogP contribution in [0.3, 0.4) is 0 Å². The molecule has 184 valence electrons. The third-order valence-corrected chi connectivity index (χ3v) is 7.97. The Hall–Kier alpha value is -3.15. The second-order valence-electron chi connectivity index (χ2n) is 7.20. The summed E-state index contributed by atoms with van der Waals surface area (Å²) < 4.78 is 41.2. The molecule has 0 spiro atoms. The van der Waals surface area contributed by atoms with Crippen LogP contribution in [0.4, 0.5) is 15.8 Å². The Bertz CT molecular complexity index is 1270. The molecule has 3 rings (SSSR count). The third kappa shape index (κ3) is 6.93. The fraction of sp³-hybridized carbons (Fsp3) is 0.174. The molecule has 0 saturated carbocycles. The average Bonchev–Trinajstić information content (AvgIpc) is 2.84. The Morgan fingerprint density at radius 3 is 2.37 bits per heavy atom. The molecule has 0 bridgehead atoms. The van der Waals surface area contributed by atoms with E-state index in [-0.39, 0.29) is 22.8 Å². The quantitative estimate of drug-likeness (QED) is 0.217. The summed E-state index contributed by atoms with van der Waals surface area (Å²) in [6.07, 6.45) is 0. The topological polar surface area (TPSA) is 110 Å². The van der Waals surface area contributed by atoms with Gasteiger partial charge in [-0.05, 0) is 36.4 Å². The molecule has 0 aliphatic rings. The summed E-state index contributed by atoms with van der Waals surface area (Å²) in [5, 5.41) is 13.9. The normalized spacial score (nSPS) is 11.1. The van der Waals surface area contributed by atoms with E-state index in [1.54, 1.807) is 24.3 Å². The summed E-state index contributed by atoms with van der Waals surface area (Å²) in [5.41, 5.74) is 0.282. The van der Waals surface area contributed by atoms with Gasteiger partial charge >= 0.3 is 0 Å². The van der Waals surface area contributed by atoms with Crippen molar-refractivity contribution in [3.8, 4) is 0 Å². The van der Waals surface area contributed by atoms with Crippen LogP contribution in [-0.2, 0) is 20.6 Å². The van der Waals surface area contributed by atoms with E-state index in [9.17, 15) is 27.7 Å². The van der Waals surface area contributed by atoms with Crippen molar-refractivity contribution in [1.29, 1.82) is 0 Å². The number of halogens is 2. The third-order valence-electron chi connectivity index (χ3n) is 4.84. The molecule has 0 fully saturated rings. The highest BCUT2D eigenvalue weighted by Crippen LogP contribution is 2.26. The molecule has 0 aromatic heterocycles. The van der Waals surface area contributed by atoms with Gasteiger partial charge in [0.1, 0.15) is 12.4 Å². The number of thioether (sulfide) groups is 1. The van der Waals surface area contributed by atoms with Crippen molar-refractivity contribution in [2.45, 2.75) is 10.6 Å². The summed E-state index contributed by atoms with van der Waals surface area (Å²) in [5.74, 6) is -0.204. The second-order valence-corrected chi connectivity index (χ2v) is 10.6. The number of carbonyl (C=O) groups excluding carboxylic acids is 1. The fourth-order valence-corrected chi connectivity index (χ4v) is 5.71. The van der Waals surface area contributed by atoms with E-state index in [1.165, 1.54) is 60.3 Å². The molecule has 3 aromatic carbocycles. The van der Waals surface area contributed by atoms with Crippen LogP contribution in [-0.4, -0.2) is 38.1 Å². The highest BCUT2D eigenvalue weighted by atomic mass is 35.5. The summed E-state index contributed by atoms with van der Waals surface area (Å²) in [4.78, 5) is 22.9. The lowest BCUT2D eigenvalue weighted by Gasteiger charge is -2.24. The van der Waals surface area contributed by atoms with Crippen LogP contribution in [0.5, 0.6) is 0 Å². The molecule has 0 aliphatic carbocycles. The van der Waals surface area contributed by atoms with Gasteiger partial charge in [0.05, 0.1) is 15.5 Å². The minimum atomic E-state index is -4.12. The van der Waals surface area contributed by atoms with Crippen LogP contribution < -0.4 is 9.62 Å².